The van der Waals surface area contributed by atoms with Gasteiger partial charge in [-0.1, -0.05) is 12.8 Å². The molecule has 1 heterocycles. The maximum atomic E-state index is 12.0. The third kappa shape index (κ3) is 3.87. The number of carboxylic acid groups (broad SMARTS) is 1. The number of rotatable bonds is 4. The largest absolute Gasteiger partial charge is 0.481 e. The van der Waals surface area contributed by atoms with Gasteiger partial charge in [-0.3, -0.25) is 4.79 Å². The van der Waals surface area contributed by atoms with Crippen LogP contribution in [0, 0.1) is 11.8 Å². The fourth-order valence-corrected chi connectivity index (χ4v) is 3.30. The molecule has 3 N–H and O–H groups in total. The zero-order valence-corrected chi connectivity index (χ0v) is 12.9. The van der Waals surface area contributed by atoms with E-state index in [0.29, 0.717) is 19.6 Å². The smallest absolute Gasteiger partial charge is 0.315 e. The molecule has 2 aliphatic rings. The first-order chi connectivity index (χ1) is 9.92. The van der Waals surface area contributed by atoms with Crippen molar-refractivity contribution in [3.8, 4) is 0 Å². The summed E-state index contributed by atoms with van der Waals surface area (Å²) >= 11 is 0. The van der Waals surface area contributed by atoms with Gasteiger partial charge >= 0.3 is 12.0 Å². The van der Waals surface area contributed by atoms with Crippen LogP contribution in [0.2, 0.25) is 0 Å². The quantitative estimate of drug-likeness (QED) is 0.738. The second kappa shape index (κ2) is 6.64. The van der Waals surface area contributed by atoms with E-state index in [4.69, 9.17) is 4.74 Å². The average molecular weight is 298 g/mol. The van der Waals surface area contributed by atoms with Gasteiger partial charge in [0.2, 0.25) is 0 Å². The van der Waals surface area contributed by atoms with E-state index in [1.54, 1.807) is 0 Å². The molecule has 0 aromatic heterocycles. The highest BCUT2D eigenvalue weighted by atomic mass is 16.5. The summed E-state index contributed by atoms with van der Waals surface area (Å²) in [5.74, 6) is -1.04. The topological polar surface area (TPSA) is 87.7 Å². The highest BCUT2D eigenvalue weighted by molar-refractivity contribution is 5.75. The molecule has 4 unspecified atom stereocenters. The molecular weight excluding hydrogens is 272 g/mol. The summed E-state index contributed by atoms with van der Waals surface area (Å²) < 4.78 is 5.49. The lowest BCUT2D eigenvalue weighted by Crippen LogP contribution is -2.54. The van der Waals surface area contributed by atoms with Crippen molar-refractivity contribution in [2.75, 3.05) is 13.2 Å². The van der Waals surface area contributed by atoms with Gasteiger partial charge in [0.15, 0.2) is 0 Å². The van der Waals surface area contributed by atoms with Crippen molar-refractivity contribution in [3.05, 3.63) is 0 Å². The summed E-state index contributed by atoms with van der Waals surface area (Å²) in [6.07, 6.45) is 4.37. The van der Waals surface area contributed by atoms with Crippen LogP contribution >= 0.6 is 0 Å². The van der Waals surface area contributed by atoms with Crippen LogP contribution in [0.1, 0.15) is 46.0 Å². The Morgan fingerprint density at radius 2 is 2.05 bits per heavy atom. The summed E-state index contributed by atoms with van der Waals surface area (Å²) in [6, 6.07) is -0.232. The van der Waals surface area contributed by atoms with Crippen molar-refractivity contribution in [3.63, 3.8) is 0 Å². The lowest BCUT2D eigenvalue weighted by molar-refractivity contribution is -0.144. The molecule has 4 atom stereocenters. The zero-order chi connectivity index (χ0) is 15.5. The molecular formula is C15H26N2O4. The number of carboxylic acids is 1. The predicted octanol–water partition coefficient (Wildman–Crippen LogP) is 1.74. The minimum Gasteiger partial charge on any atom is -0.481 e. The van der Waals surface area contributed by atoms with E-state index >= 15 is 0 Å². The monoisotopic (exact) mass is 298 g/mol. The summed E-state index contributed by atoms with van der Waals surface area (Å²) in [5, 5.41) is 15.0. The Kier molecular flexibility index (Phi) is 5.08. The standard InChI is InChI=1S/C15H26N2O4/c1-10-15(2,7-8-21-10)17-14(20)16-9-11-5-3-4-6-12(11)13(18)19/h10-12H,3-9H2,1-2H3,(H,18,19)(H2,16,17,20). The Morgan fingerprint density at radius 1 is 1.33 bits per heavy atom. The number of nitrogens with one attached hydrogen (secondary N) is 2. The maximum absolute atomic E-state index is 12.0. The fourth-order valence-electron chi connectivity index (χ4n) is 3.30. The van der Waals surface area contributed by atoms with Crippen LogP contribution in [0.25, 0.3) is 0 Å². The van der Waals surface area contributed by atoms with Gasteiger partial charge in [0.1, 0.15) is 0 Å². The van der Waals surface area contributed by atoms with Crippen LogP contribution in [-0.4, -0.2) is 41.9 Å². The van der Waals surface area contributed by atoms with E-state index < -0.39 is 5.97 Å². The SMILES string of the molecule is CC1OCCC1(C)NC(=O)NCC1CCCCC1C(=O)O. The minimum atomic E-state index is -0.744. The van der Waals surface area contributed by atoms with Crippen LogP contribution < -0.4 is 10.6 Å². The van der Waals surface area contributed by atoms with Crippen molar-refractivity contribution >= 4 is 12.0 Å². The first-order valence-corrected chi connectivity index (χ1v) is 7.83. The highest BCUT2D eigenvalue weighted by Gasteiger charge is 2.38. The molecule has 1 aliphatic carbocycles. The number of ether oxygens (including phenoxy) is 1. The molecule has 21 heavy (non-hydrogen) atoms. The van der Waals surface area contributed by atoms with E-state index in [9.17, 15) is 14.7 Å². The predicted molar refractivity (Wildman–Crippen MR) is 78.1 cm³/mol. The molecule has 1 saturated heterocycles. The molecule has 0 aromatic rings. The van der Waals surface area contributed by atoms with Gasteiger partial charge < -0.3 is 20.5 Å². The van der Waals surface area contributed by atoms with E-state index in [1.807, 2.05) is 13.8 Å². The molecule has 120 valence electrons. The van der Waals surface area contributed by atoms with Gasteiger partial charge in [-0.25, -0.2) is 4.79 Å². The van der Waals surface area contributed by atoms with Crippen LogP contribution in [0.4, 0.5) is 4.79 Å². The van der Waals surface area contributed by atoms with Crippen LogP contribution in [-0.2, 0) is 9.53 Å². The number of amides is 2. The Hall–Kier alpha value is -1.30. The van der Waals surface area contributed by atoms with E-state index in [2.05, 4.69) is 10.6 Å². The number of carbonyl (C=O) groups excluding carboxylic acids is 1. The van der Waals surface area contributed by atoms with Gasteiger partial charge in [-0.2, -0.15) is 0 Å². The van der Waals surface area contributed by atoms with Crippen molar-refractivity contribution in [2.45, 2.75) is 57.6 Å². The van der Waals surface area contributed by atoms with Crippen molar-refractivity contribution in [1.82, 2.24) is 10.6 Å². The average Bonchev–Trinajstić information content (AvgIpc) is 2.76. The van der Waals surface area contributed by atoms with E-state index in [0.717, 1.165) is 25.7 Å². The number of hydrogen-bond donors (Lipinski definition) is 3. The fraction of sp³-hybridized carbons (Fsp3) is 0.867. The lowest BCUT2D eigenvalue weighted by Gasteiger charge is -2.31. The molecule has 2 rings (SSSR count). The number of aliphatic carboxylic acids is 1. The molecule has 0 bridgehead atoms. The van der Waals surface area contributed by atoms with Gasteiger partial charge in [0, 0.05) is 13.2 Å². The molecule has 1 aliphatic heterocycles. The van der Waals surface area contributed by atoms with Gasteiger partial charge in [-0.15, -0.1) is 0 Å². The van der Waals surface area contributed by atoms with Crippen LogP contribution in [0.5, 0.6) is 0 Å². The van der Waals surface area contributed by atoms with Crippen LogP contribution in [0.3, 0.4) is 0 Å². The van der Waals surface area contributed by atoms with Gasteiger partial charge in [0.05, 0.1) is 17.6 Å². The lowest BCUT2D eigenvalue weighted by atomic mass is 9.79. The molecule has 6 heteroatoms. The van der Waals surface area contributed by atoms with E-state index in [-0.39, 0.29) is 29.5 Å². The molecule has 2 fully saturated rings. The maximum Gasteiger partial charge on any atom is 0.315 e. The Bertz CT molecular complexity index is 401. The zero-order valence-electron chi connectivity index (χ0n) is 12.9. The third-order valence-electron chi connectivity index (χ3n) is 5.04. The molecule has 2 amide bonds. The van der Waals surface area contributed by atoms with Crippen molar-refractivity contribution in [2.24, 2.45) is 11.8 Å². The summed E-state index contributed by atoms with van der Waals surface area (Å²) in [5.41, 5.74) is -0.344. The Morgan fingerprint density at radius 3 is 2.67 bits per heavy atom. The molecule has 0 radical (unpaired) electrons. The van der Waals surface area contributed by atoms with Crippen molar-refractivity contribution < 1.29 is 19.4 Å². The first-order valence-electron chi connectivity index (χ1n) is 7.83. The summed E-state index contributed by atoms with van der Waals surface area (Å²) in [7, 11) is 0. The van der Waals surface area contributed by atoms with E-state index in [1.165, 1.54) is 0 Å². The van der Waals surface area contributed by atoms with Gasteiger partial charge in [0.25, 0.3) is 0 Å². The molecule has 6 nitrogen and oxygen atoms in total. The Balaban J connectivity index is 1.81. The highest BCUT2D eigenvalue weighted by Crippen LogP contribution is 2.30. The second-order valence-corrected chi connectivity index (χ2v) is 6.50. The normalized spacial score (nSPS) is 36.2. The molecule has 1 saturated carbocycles. The minimum absolute atomic E-state index is 0.00954. The first kappa shape index (κ1) is 16.1. The molecule has 0 spiro atoms. The number of carbonyl (C=O) groups is 2. The molecule has 0 aromatic carbocycles. The summed E-state index contributed by atoms with van der Waals surface area (Å²) in [4.78, 5) is 23.3. The second-order valence-electron chi connectivity index (χ2n) is 6.50. The number of hydrogen-bond acceptors (Lipinski definition) is 3. The summed E-state index contributed by atoms with van der Waals surface area (Å²) in [6.45, 7) is 5.01. The third-order valence-corrected chi connectivity index (χ3v) is 5.04. The van der Waals surface area contributed by atoms with Crippen LogP contribution in [0.15, 0.2) is 0 Å². The Labute approximate surface area is 125 Å². The van der Waals surface area contributed by atoms with Crippen molar-refractivity contribution in [1.29, 1.82) is 0 Å². The van der Waals surface area contributed by atoms with Gasteiger partial charge in [-0.05, 0) is 39.0 Å². The number of urea groups is 1.